The first-order chi connectivity index (χ1) is 13.0. The molecule has 140 valence electrons. The summed E-state index contributed by atoms with van der Waals surface area (Å²) in [6.07, 6.45) is 3.08. The monoisotopic (exact) mass is 402 g/mol. The van der Waals surface area contributed by atoms with Crippen LogP contribution in [-0.4, -0.2) is 59.0 Å². The van der Waals surface area contributed by atoms with Crippen LogP contribution in [-0.2, 0) is 0 Å². The van der Waals surface area contributed by atoms with Crippen molar-refractivity contribution in [3.05, 3.63) is 40.1 Å². The van der Waals surface area contributed by atoms with Crippen molar-refractivity contribution >= 4 is 50.7 Å². The Morgan fingerprint density at radius 3 is 2.67 bits per heavy atom. The molecule has 1 N–H and O–H groups in total. The van der Waals surface area contributed by atoms with E-state index in [1.165, 1.54) is 17.5 Å². The lowest BCUT2D eigenvalue weighted by Gasteiger charge is -2.33. The summed E-state index contributed by atoms with van der Waals surface area (Å²) in [4.78, 5) is 31.8. The van der Waals surface area contributed by atoms with Crippen molar-refractivity contribution in [3.63, 3.8) is 0 Å². The minimum absolute atomic E-state index is 0.199. The van der Waals surface area contributed by atoms with Crippen LogP contribution in [0.25, 0.3) is 10.2 Å². The average molecular weight is 403 g/mol. The van der Waals surface area contributed by atoms with Crippen LogP contribution in [0.15, 0.2) is 24.7 Å². The van der Waals surface area contributed by atoms with E-state index >= 15 is 0 Å². The van der Waals surface area contributed by atoms with Gasteiger partial charge in [-0.25, -0.2) is 15.0 Å². The van der Waals surface area contributed by atoms with Gasteiger partial charge in [0, 0.05) is 32.4 Å². The van der Waals surface area contributed by atoms with Crippen molar-refractivity contribution in [3.8, 4) is 0 Å². The second-order valence-electron chi connectivity index (χ2n) is 6.54. The molecule has 27 heavy (non-hydrogen) atoms. The third-order valence-corrected chi connectivity index (χ3v) is 6.11. The van der Waals surface area contributed by atoms with E-state index in [2.05, 4.69) is 37.1 Å². The summed E-state index contributed by atoms with van der Waals surface area (Å²) in [5, 5.41) is 4.31. The number of rotatable bonds is 3. The van der Waals surface area contributed by atoms with Gasteiger partial charge >= 0.3 is 0 Å². The Balaban J connectivity index is 1.66. The summed E-state index contributed by atoms with van der Waals surface area (Å²) in [6.45, 7) is 5.75. The second-order valence-corrected chi connectivity index (χ2v) is 7.98. The van der Waals surface area contributed by atoms with Crippen LogP contribution in [0.5, 0.6) is 0 Å². The van der Waals surface area contributed by atoms with Gasteiger partial charge in [0.2, 0.25) is 0 Å². The molecule has 0 spiro atoms. The number of amides is 1. The van der Waals surface area contributed by atoms with Gasteiger partial charge in [-0.05, 0) is 31.7 Å². The Labute approximate surface area is 166 Å². The summed E-state index contributed by atoms with van der Waals surface area (Å²) < 4.78 is 0. The summed E-state index contributed by atoms with van der Waals surface area (Å²) >= 11 is 7.23. The minimum Gasteiger partial charge on any atom is -0.353 e. The molecule has 1 amide bonds. The molecule has 1 fully saturated rings. The third-order valence-electron chi connectivity index (χ3n) is 4.68. The minimum atomic E-state index is -0.199. The summed E-state index contributed by atoms with van der Waals surface area (Å²) in [7, 11) is 2.12. The SMILES string of the molecule is Cc1c(C(=O)Nc2ccc(Cl)cn2)sc2ncnc(N3CCN(C)CC3)c12. The van der Waals surface area contributed by atoms with Gasteiger partial charge < -0.3 is 15.1 Å². The number of hydrogen-bond donors (Lipinski definition) is 1. The van der Waals surface area contributed by atoms with Gasteiger partial charge in [0.05, 0.1) is 15.3 Å². The smallest absolute Gasteiger partial charge is 0.267 e. The van der Waals surface area contributed by atoms with Gasteiger partial charge in [-0.15, -0.1) is 11.3 Å². The first kappa shape index (κ1) is 18.1. The first-order valence-electron chi connectivity index (χ1n) is 8.63. The molecule has 0 unspecified atom stereocenters. The molecule has 0 bridgehead atoms. The predicted octanol–water partition coefficient (Wildman–Crippen LogP) is 3.05. The Hall–Kier alpha value is -2.29. The molecule has 1 saturated heterocycles. The zero-order valence-corrected chi connectivity index (χ0v) is 16.6. The van der Waals surface area contributed by atoms with Crippen molar-refractivity contribution < 1.29 is 4.79 Å². The lowest BCUT2D eigenvalue weighted by molar-refractivity contribution is 0.102. The highest BCUT2D eigenvalue weighted by molar-refractivity contribution is 7.20. The maximum absolute atomic E-state index is 12.8. The van der Waals surface area contributed by atoms with Crippen molar-refractivity contribution in [1.29, 1.82) is 0 Å². The first-order valence-corrected chi connectivity index (χ1v) is 9.83. The second kappa shape index (κ2) is 7.38. The number of pyridine rings is 1. The van der Waals surface area contributed by atoms with Crippen LogP contribution in [0, 0.1) is 6.92 Å². The Kier molecular flexibility index (Phi) is 4.94. The van der Waals surface area contributed by atoms with E-state index < -0.39 is 0 Å². The van der Waals surface area contributed by atoms with Gasteiger partial charge in [-0.2, -0.15) is 0 Å². The molecule has 4 heterocycles. The number of likely N-dealkylation sites (N-methyl/N-ethyl adjacent to an activating group) is 1. The average Bonchev–Trinajstić information content (AvgIpc) is 3.01. The molecule has 1 aliphatic heterocycles. The van der Waals surface area contributed by atoms with Crippen molar-refractivity contribution in [2.24, 2.45) is 0 Å². The molecule has 0 aromatic carbocycles. The number of halogens is 1. The Bertz CT molecular complexity index is 981. The van der Waals surface area contributed by atoms with Crippen LogP contribution >= 0.6 is 22.9 Å². The van der Waals surface area contributed by atoms with Crippen LogP contribution in [0.3, 0.4) is 0 Å². The van der Waals surface area contributed by atoms with Crippen LogP contribution in [0.4, 0.5) is 11.6 Å². The van der Waals surface area contributed by atoms with E-state index in [9.17, 15) is 4.79 Å². The van der Waals surface area contributed by atoms with E-state index in [4.69, 9.17) is 11.6 Å². The van der Waals surface area contributed by atoms with E-state index in [0.717, 1.165) is 47.8 Å². The summed E-state index contributed by atoms with van der Waals surface area (Å²) in [5.41, 5.74) is 0.899. The predicted molar refractivity (Wildman–Crippen MR) is 109 cm³/mol. The number of piperazine rings is 1. The number of aromatic nitrogens is 3. The van der Waals surface area contributed by atoms with Gasteiger partial charge in [0.25, 0.3) is 5.91 Å². The molecule has 3 aromatic heterocycles. The van der Waals surface area contributed by atoms with E-state index in [1.807, 2.05) is 6.92 Å². The number of nitrogens with one attached hydrogen (secondary N) is 1. The molecule has 7 nitrogen and oxygen atoms in total. The topological polar surface area (TPSA) is 74.2 Å². The van der Waals surface area contributed by atoms with Crippen LogP contribution in [0.2, 0.25) is 5.02 Å². The van der Waals surface area contributed by atoms with Gasteiger partial charge in [-0.1, -0.05) is 11.6 Å². The lowest BCUT2D eigenvalue weighted by Crippen LogP contribution is -2.44. The molecule has 0 saturated carbocycles. The van der Waals surface area contributed by atoms with Crippen molar-refractivity contribution in [2.45, 2.75) is 6.92 Å². The van der Waals surface area contributed by atoms with Gasteiger partial charge in [0.15, 0.2) is 0 Å². The molecular formula is C18H19ClN6OS. The standard InChI is InChI=1S/C18H19ClN6OS/c1-11-14-16(25-7-5-24(2)6-8-25)21-10-22-18(14)27-15(11)17(26)23-13-4-3-12(19)9-20-13/h3-4,9-10H,5-8H2,1-2H3,(H,20,23,26). The maximum Gasteiger partial charge on any atom is 0.267 e. The van der Waals surface area contributed by atoms with Gasteiger partial charge in [-0.3, -0.25) is 4.79 Å². The number of fused-ring (bicyclic) bond motifs is 1. The summed E-state index contributed by atoms with van der Waals surface area (Å²) in [5.74, 6) is 1.17. The van der Waals surface area contributed by atoms with Crippen LogP contribution < -0.4 is 10.2 Å². The number of hydrogen-bond acceptors (Lipinski definition) is 7. The molecule has 4 rings (SSSR count). The number of carbonyl (C=O) groups excluding carboxylic acids is 1. The number of anilines is 2. The highest BCUT2D eigenvalue weighted by Crippen LogP contribution is 2.35. The highest BCUT2D eigenvalue weighted by Gasteiger charge is 2.23. The Morgan fingerprint density at radius 1 is 1.19 bits per heavy atom. The number of aryl methyl sites for hydroxylation is 1. The fourth-order valence-corrected chi connectivity index (χ4v) is 4.30. The molecular weight excluding hydrogens is 384 g/mol. The largest absolute Gasteiger partial charge is 0.353 e. The molecule has 0 radical (unpaired) electrons. The Morgan fingerprint density at radius 2 is 1.96 bits per heavy atom. The van der Waals surface area contributed by atoms with E-state index in [0.29, 0.717) is 15.7 Å². The van der Waals surface area contributed by atoms with Crippen LogP contribution in [0.1, 0.15) is 15.2 Å². The number of nitrogens with zero attached hydrogens (tertiary/aromatic N) is 5. The fourth-order valence-electron chi connectivity index (χ4n) is 3.15. The molecule has 9 heteroatoms. The zero-order valence-electron chi connectivity index (χ0n) is 15.1. The molecule has 0 aliphatic carbocycles. The summed E-state index contributed by atoms with van der Waals surface area (Å²) in [6, 6.07) is 3.37. The molecule has 0 atom stereocenters. The van der Waals surface area contributed by atoms with Crippen molar-refractivity contribution in [1.82, 2.24) is 19.9 Å². The number of carbonyl (C=O) groups is 1. The van der Waals surface area contributed by atoms with Gasteiger partial charge in [0.1, 0.15) is 22.8 Å². The third kappa shape index (κ3) is 3.60. The maximum atomic E-state index is 12.8. The lowest BCUT2D eigenvalue weighted by atomic mass is 10.1. The van der Waals surface area contributed by atoms with Crippen molar-refractivity contribution in [2.75, 3.05) is 43.4 Å². The quantitative estimate of drug-likeness (QED) is 0.725. The molecule has 3 aromatic rings. The normalized spacial score (nSPS) is 15.3. The number of thiophene rings is 1. The highest BCUT2D eigenvalue weighted by atomic mass is 35.5. The van der Waals surface area contributed by atoms with E-state index in [-0.39, 0.29) is 5.91 Å². The fraction of sp³-hybridized carbons (Fsp3) is 0.333. The van der Waals surface area contributed by atoms with E-state index in [1.54, 1.807) is 18.5 Å². The zero-order chi connectivity index (χ0) is 19.0. The molecule has 1 aliphatic rings.